The van der Waals surface area contributed by atoms with Crippen LogP contribution in [0.15, 0.2) is 44.1 Å². The first kappa shape index (κ1) is 13.5. The third-order valence-electron chi connectivity index (χ3n) is 2.79. The van der Waals surface area contributed by atoms with Crippen LogP contribution < -0.4 is 5.73 Å². The van der Waals surface area contributed by atoms with Gasteiger partial charge in [0.15, 0.2) is 16.2 Å². The molecule has 0 saturated carbocycles. The van der Waals surface area contributed by atoms with Gasteiger partial charge >= 0.3 is 0 Å². The molecule has 2 aromatic heterocycles. The Bertz CT molecular complexity index is 762. The van der Waals surface area contributed by atoms with E-state index in [1.165, 1.54) is 6.26 Å². The molecular formula is C13H7BrCl2N2O2. The van der Waals surface area contributed by atoms with Crippen LogP contribution in [0.5, 0.6) is 0 Å². The summed E-state index contributed by atoms with van der Waals surface area (Å²) >= 11 is 15.7. The van der Waals surface area contributed by atoms with Gasteiger partial charge in [-0.2, -0.15) is 0 Å². The van der Waals surface area contributed by atoms with Crippen molar-refractivity contribution in [2.45, 2.75) is 0 Å². The second-order valence-electron chi connectivity index (χ2n) is 3.98. The number of anilines is 1. The fraction of sp³-hybridized carbons (Fsp3) is 0. The lowest BCUT2D eigenvalue weighted by atomic mass is 10.0. The highest BCUT2D eigenvalue weighted by Crippen LogP contribution is 2.45. The molecule has 0 aliphatic heterocycles. The SMILES string of the molecule is Nc1noc(-c2ccoc2Br)c1-c1c(Cl)cccc1Cl. The molecule has 2 N–H and O–H groups in total. The number of aromatic nitrogens is 1. The third kappa shape index (κ3) is 2.12. The smallest absolute Gasteiger partial charge is 0.181 e. The number of nitrogens with two attached hydrogens (primary N) is 1. The molecule has 102 valence electrons. The van der Waals surface area contributed by atoms with Crippen molar-refractivity contribution >= 4 is 44.9 Å². The minimum absolute atomic E-state index is 0.211. The van der Waals surface area contributed by atoms with E-state index < -0.39 is 0 Å². The van der Waals surface area contributed by atoms with Crippen molar-refractivity contribution in [2.75, 3.05) is 5.73 Å². The highest BCUT2D eigenvalue weighted by atomic mass is 79.9. The predicted octanol–water partition coefficient (Wildman–Crippen LogP) is 5.25. The lowest BCUT2D eigenvalue weighted by Crippen LogP contribution is -1.90. The van der Waals surface area contributed by atoms with Crippen molar-refractivity contribution in [3.63, 3.8) is 0 Å². The molecule has 0 spiro atoms. The van der Waals surface area contributed by atoms with Crippen molar-refractivity contribution in [2.24, 2.45) is 0 Å². The van der Waals surface area contributed by atoms with E-state index in [2.05, 4.69) is 21.1 Å². The fourth-order valence-electron chi connectivity index (χ4n) is 1.92. The van der Waals surface area contributed by atoms with Gasteiger partial charge in [-0.1, -0.05) is 34.4 Å². The van der Waals surface area contributed by atoms with Crippen LogP contribution in [-0.4, -0.2) is 5.16 Å². The van der Waals surface area contributed by atoms with E-state index in [9.17, 15) is 0 Å². The van der Waals surface area contributed by atoms with Gasteiger partial charge in [0.05, 0.1) is 27.4 Å². The highest BCUT2D eigenvalue weighted by molar-refractivity contribution is 9.10. The molecule has 0 unspecified atom stereocenters. The zero-order valence-electron chi connectivity index (χ0n) is 9.86. The van der Waals surface area contributed by atoms with Crippen LogP contribution in [0, 0.1) is 0 Å². The van der Waals surface area contributed by atoms with Gasteiger partial charge in [-0.3, -0.25) is 0 Å². The zero-order valence-corrected chi connectivity index (χ0v) is 13.0. The second kappa shape index (κ2) is 5.16. The van der Waals surface area contributed by atoms with E-state index in [1.807, 2.05) is 0 Å². The molecule has 7 heteroatoms. The number of halogens is 3. The predicted molar refractivity (Wildman–Crippen MR) is 81.8 cm³/mol. The average Bonchev–Trinajstić information content (AvgIpc) is 2.97. The minimum Gasteiger partial charge on any atom is -0.457 e. The number of hydrogen-bond donors (Lipinski definition) is 1. The Labute approximate surface area is 132 Å². The Hall–Kier alpha value is -1.43. The Morgan fingerprint density at radius 3 is 2.40 bits per heavy atom. The fourth-order valence-corrected chi connectivity index (χ4v) is 2.93. The summed E-state index contributed by atoms with van der Waals surface area (Å²) in [5, 5.41) is 4.73. The van der Waals surface area contributed by atoms with Crippen molar-refractivity contribution in [1.82, 2.24) is 5.16 Å². The summed E-state index contributed by atoms with van der Waals surface area (Å²) in [4.78, 5) is 0. The van der Waals surface area contributed by atoms with E-state index >= 15 is 0 Å². The number of rotatable bonds is 2. The van der Waals surface area contributed by atoms with Crippen LogP contribution in [-0.2, 0) is 0 Å². The average molecular weight is 374 g/mol. The van der Waals surface area contributed by atoms with Gasteiger partial charge in [0, 0.05) is 5.56 Å². The van der Waals surface area contributed by atoms with Crippen LogP contribution >= 0.6 is 39.1 Å². The van der Waals surface area contributed by atoms with Gasteiger partial charge in [-0.25, -0.2) is 0 Å². The number of hydrogen-bond acceptors (Lipinski definition) is 4. The Balaban J connectivity index is 2.31. The highest BCUT2D eigenvalue weighted by Gasteiger charge is 2.24. The monoisotopic (exact) mass is 372 g/mol. The zero-order chi connectivity index (χ0) is 14.3. The van der Waals surface area contributed by atoms with Crippen molar-refractivity contribution in [1.29, 1.82) is 0 Å². The topological polar surface area (TPSA) is 65.2 Å². The molecule has 0 aliphatic rings. The summed E-state index contributed by atoms with van der Waals surface area (Å²) in [5.74, 6) is 0.654. The molecule has 0 saturated heterocycles. The van der Waals surface area contributed by atoms with Gasteiger partial charge in [-0.05, 0) is 34.1 Å². The van der Waals surface area contributed by atoms with Crippen LogP contribution in [0.3, 0.4) is 0 Å². The molecule has 4 nitrogen and oxygen atoms in total. The first-order valence-electron chi connectivity index (χ1n) is 5.52. The molecule has 3 aromatic rings. The summed E-state index contributed by atoms with van der Waals surface area (Å²) < 4.78 is 11.0. The van der Waals surface area contributed by atoms with Gasteiger partial charge in [0.1, 0.15) is 0 Å². The largest absolute Gasteiger partial charge is 0.457 e. The van der Waals surface area contributed by atoms with Crippen molar-refractivity contribution < 1.29 is 8.94 Å². The van der Waals surface area contributed by atoms with E-state index in [4.69, 9.17) is 37.9 Å². The molecule has 20 heavy (non-hydrogen) atoms. The summed E-state index contributed by atoms with van der Waals surface area (Å²) in [6.07, 6.45) is 1.52. The molecule has 0 fully saturated rings. The lowest BCUT2D eigenvalue weighted by Gasteiger charge is -2.06. The molecule has 3 rings (SSSR count). The Morgan fingerprint density at radius 2 is 1.80 bits per heavy atom. The van der Waals surface area contributed by atoms with Crippen molar-refractivity contribution in [3.05, 3.63) is 45.2 Å². The first-order chi connectivity index (χ1) is 9.59. The van der Waals surface area contributed by atoms with Crippen LogP contribution in [0.4, 0.5) is 5.82 Å². The van der Waals surface area contributed by atoms with E-state index in [-0.39, 0.29) is 5.82 Å². The first-order valence-corrected chi connectivity index (χ1v) is 7.07. The molecule has 2 heterocycles. The third-order valence-corrected chi connectivity index (χ3v) is 4.04. The van der Waals surface area contributed by atoms with Gasteiger partial charge in [0.2, 0.25) is 0 Å². The minimum atomic E-state index is 0.211. The molecule has 0 aliphatic carbocycles. The van der Waals surface area contributed by atoms with E-state index in [0.717, 1.165) is 0 Å². The van der Waals surface area contributed by atoms with Crippen molar-refractivity contribution in [3.8, 4) is 22.5 Å². The number of benzene rings is 1. The number of nitrogen functional groups attached to an aromatic ring is 1. The molecule has 0 atom stereocenters. The molecular weight excluding hydrogens is 367 g/mol. The summed E-state index contributed by atoms with van der Waals surface area (Å²) in [6.45, 7) is 0. The quantitative estimate of drug-likeness (QED) is 0.665. The van der Waals surface area contributed by atoms with E-state index in [1.54, 1.807) is 24.3 Å². The maximum absolute atomic E-state index is 6.22. The van der Waals surface area contributed by atoms with Crippen LogP contribution in [0.1, 0.15) is 0 Å². The summed E-state index contributed by atoms with van der Waals surface area (Å²) in [5.41, 5.74) is 7.71. The summed E-state index contributed by atoms with van der Waals surface area (Å²) in [7, 11) is 0. The maximum atomic E-state index is 6.22. The van der Waals surface area contributed by atoms with Crippen LogP contribution in [0.25, 0.3) is 22.5 Å². The number of nitrogens with zero attached hydrogens (tertiary/aromatic N) is 1. The van der Waals surface area contributed by atoms with Gasteiger partial charge in [-0.15, -0.1) is 0 Å². The standard InChI is InChI=1S/C13H7BrCl2N2O2/c14-12-6(4-5-19-12)11-10(13(17)18-20-11)9-7(15)2-1-3-8(9)16/h1-5H,(H2,17,18). The Kier molecular flexibility index (Phi) is 3.50. The number of furan rings is 1. The lowest BCUT2D eigenvalue weighted by molar-refractivity contribution is 0.434. The Morgan fingerprint density at radius 1 is 1.10 bits per heavy atom. The molecule has 1 aromatic carbocycles. The van der Waals surface area contributed by atoms with Crippen LogP contribution in [0.2, 0.25) is 10.0 Å². The molecule has 0 bridgehead atoms. The second-order valence-corrected chi connectivity index (χ2v) is 5.51. The van der Waals surface area contributed by atoms with E-state index in [0.29, 0.717) is 37.2 Å². The maximum Gasteiger partial charge on any atom is 0.181 e. The molecule has 0 amide bonds. The van der Waals surface area contributed by atoms with Gasteiger partial charge in [0.25, 0.3) is 0 Å². The van der Waals surface area contributed by atoms with Gasteiger partial charge < -0.3 is 14.7 Å². The normalized spacial score (nSPS) is 10.9. The summed E-state index contributed by atoms with van der Waals surface area (Å²) in [6, 6.07) is 6.94. The molecule has 0 radical (unpaired) electrons.